The van der Waals surface area contributed by atoms with Crippen LogP contribution in [0.25, 0.3) is 0 Å². The molecule has 0 aliphatic heterocycles. The number of Topliss-reactive ketones (excluding diaryl/α,β-unsaturated/α-hetero) is 1. The molecule has 1 saturated carbocycles. The molecular weight excluding hydrogens is 318 g/mol. The molecule has 0 bridgehead atoms. The number of halogens is 3. The molecule has 1 aliphatic carbocycles. The summed E-state index contributed by atoms with van der Waals surface area (Å²) in [6.07, 6.45) is 5.10. The summed E-state index contributed by atoms with van der Waals surface area (Å²) < 4.78 is 41.1. The van der Waals surface area contributed by atoms with Crippen molar-refractivity contribution in [3.8, 4) is 0 Å². The summed E-state index contributed by atoms with van der Waals surface area (Å²) in [4.78, 5) is 11.0. The quantitative estimate of drug-likeness (QED) is 0.294. The van der Waals surface area contributed by atoms with Crippen LogP contribution >= 0.6 is 21.0 Å². The molecule has 2 rings (SSSR count). The lowest BCUT2D eigenvalue weighted by Crippen LogP contribution is -2.16. The first kappa shape index (κ1) is 18.5. The Morgan fingerprint density at radius 2 is 1.76 bits per heavy atom. The van der Waals surface area contributed by atoms with E-state index in [1.807, 2.05) is 9.24 Å². The van der Waals surface area contributed by atoms with Gasteiger partial charge >= 0.3 is 0 Å². The van der Waals surface area contributed by atoms with Crippen LogP contribution in [0.1, 0.15) is 43.0 Å². The fourth-order valence-electron chi connectivity index (χ4n) is 1.37. The van der Waals surface area contributed by atoms with Crippen molar-refractivity contribution in [3.05, 3.63) is 23.0 Å². The van der Waals surface area contributed by atoms with Gasteiger partial charge in [0.05, 0.1) is 10.5 Å². The number of ketones is 1. The second-order valence-corrected chi connectivity index (χ2v) is 6.35. The van der Waals surface area contributed by atoms with Gasteiger partial charge in [0, 0.05) is 5.30 Å². The second-order valence-electron chi connectivity index (χ2n) is 4.67. The van der Waals surface area contributed by atoms with Crippen LogP contribution in [-0.2, 0) is 0 Å². The third kappa shape index (κ3) is 5.28. The van der Waals surface area contributed by atoms with Crippen molar-refractivity contribution in [2.24, 2.45) is 5.73 Å². The lowest BCUT2D eigenvalue weighted by Gasteiger charge is -2.11. The van der Waals surface area contributed by atoms with Gasteiger partial charge in [-0.25, -0.2) is 13.2 Å². The van der Waals surface area contributed by atoms with Gasteiger partial charge in [0.1, 0.15) is 5.82 Å². The zero-order valence-corrected chi connectivity index (χ0v) is 13.8. The van der Waals surface area contributed by atoms with E-state index in [-0.39, 0.29) is 10.2 Å². The minimum atomic E-state index is -1.43. The van der Waals surface area contributed by atoms with Gasteiger partial charge in [-0.1, -0.05) is 19.3 Å². The van der Waals surface area contributed by atoms with E-state index >= 15 is 0 Å². The average Bonchev–Trinajstić information content (AvgIpc) is 3.28. The molecule has 7 heteroatoms. The minimum absolute atomic E-state index is 0.124. The van der Waals surface area contributed by atoms with Gasteiger partial charge in [-0.15, -0.1) is 21.0 Å². The van der Waals surface area contributed by atoms with Crippen LogP contribution in [0, 0.1) is 17.5 Å². The molecule has 1 aliphatic rings. The van der Waals surface area contributed by atoms with Crippen LogP contribution in [0.5, 0.6) is 0 Å². The molecule has 1 fully saturated rings. The van der Waals surface area contributed by atoms with Crippen molar-refractivity contribution in [2.45, 2.75) is 37.5 Å². The number of nitrogens with two attached hydrogens (primary N) is 1. The average molecular weight is 337 g/mol. The fraction of sp³-hybridized carbons (Fsp3) is 0.500. The fourth-order valence-corrected chi connectivity index (χ4v) is 2.86. The monoisotopic (exact) mass is 337 g/mol. The van der Waals surface area contributed by atoms with Gasteiger partial charge in [0.25, 0.3) is 0 Å². The molecule has 0 aromatic heterocycles. The molecule has 1 aromatic carbocycles. The predicted molar refractivity (Wildman–Crippen MR) is 83.9 cm³/mol. The summed E-state index contributed by atoms with van der Waals surface area (Å²) in [5, 5.41) is -0.124. The van der Waals surface area contributed by atoms with E-state index < -0.39 is 28.8 Å². The molecule has 0 radical (unpaired) electrons. The van der Waals surface area contributed by atoms with Gasteiger partial charge in [0.15, 0.2) is 17.4 Å². The molecule has 0 amide bonds. The summed E-state index contributed by atoms with van der Waals surface area (Å²) in [7, 11) is 2.00. The zero-order valence-electron chi connectivity index (χ0n) is 11.8. The highest BCUT2D eigenvalue weighted by Crippen LogP contribution is 2.28. The van der Waals surface area contributed by atoms with E-state index in [0.717, 1.165) is 18.7 Å². The van der Waals surface area contributed by atoms with Crippen LogP contribution in [0.4, 0.5) is 13.2 Å². The first-order chi connectivity index (χ1) is 9.91. The maximum atomic E-state index is 13.8. The van der Waals surface area contributed by atoms with Gasteiger partial charge < -0.3 is 5.73 Å². The molecule has 0 saturated heterocycles. The Morgan fingerprint density at radius 1 is 1.19 bits per heavy atom. The van der Waals surface area contributed by atoms with Crippen molar-refractivity contribution in [2.75, 3.05) is 12.3 Å². The Morgan fingerprint density at radius 3 is 2.19 bits per heavy atom. The van der Waals surface area contributed by atoms with Crippen molar-refractivity contribution in [1.82, 2.24) is 0 Å². The molecule has 2 N–H and O–H groups in total. The largest absolute Gasteiger partial charge is 0.330 e. The highest BCUT2D eigenvalue weighted by molar-refractivity contribution is 7.99. The van der Waals surface area contributed by atoms with Crippen molar-refractivity contribution < 1.29 is 18.0 Å². The molecule has 21 heavy (non-hydrogen) atoms. The van der Waals surface area contributed by atoms with Crippen LogP contribution in [0.15, 0.2) is 4.90 Å². The molecule has 118 valence electrons. The first-order valence-corrected chi connectivity index (χ1v) is 8.27. The topological polar surface area (TPSA) is 43.1 Å². The van der Waals surface area contributed by atoms with E-state index in [2.05, 4.69) is 0 Å². The van der Waals surface area contributed by atoms with Crippen LogP contribution in [0.2, 0.25) is 0 Å². The maximum Gasteiger partial charge on any atom is 0.173 e. The van der Waals surface area contributed by atoms with Crippen molar-refractivity contribution in [3.63, 3.8) is 0 Å². The van der Waals surface area contributed by atoms with Crippen LogP contribution in [0.3, 0.4) is 0 Å². The molecule has 1 aromatic rings. The number of carbonyl (C=O) groups excluding carboxylic acids is 1. The molecule has 2 nitrogen and oxygen atoms in total. The Hall–Kier alpha value is -0.580. The van der Waals surface area contributed by atoms with Crippen LogP contribution < -0.4 is 11.0 Å². The van der Waals surface area contributed by atoms with Gasteiger partial charge in [-0.3, -0.25) is 4.79 Å². The van der Waals surface area contributed by atoms with E-state index in [4.69, 9.17) is 5.73 Å². The second kappa shape index (κ2) is 8.76. The molecule has 0 spiro atoms. The van der Waals surface area contributed by atoms with E-state index in [1.54, 1.807) is 0 Å². The highest BCUT2D eigenvalue weighted by Gasteiger charge is 2.25. The number of hydrogen-bond donors (Lipinski definition) is 1. The van der Waals surface area contributed by atoms with E-state index in [9.17, 15) is 18.0 Å². The Bertz CT molecular complexity index is 492. The first-order valence-electron chi connectivity index (χ1n) is 6.71. The zero-order chi connectivity index (χ0) is 16.0. The maximum absolute atomic E-state index is 13.8. The van der Waals surface area contributed by atoms with Crippen molar-refractivity contribution >= 4 is 32.1 Å². The molecule has 1 atom stereocenters. The summed E-state index contributed by atoms with van der Waals surface area (Å²) in [6, 6.07) is 0. The summed E-state index contributed by atoms with van der Waals surface area (Å²) in [6.45, 7) is 1.41. The van der Waals surface area contributed by atoms with Crippen molar-refractivity contribution in [1.29, 1.82) is 0 Å². The van der Waals surface area contributed by atoms with Crippen LogP contribution in [-0.4, -0.2) is 18.1 Å². The normalized spacial score (nSPS) is 12.7. The molecule has 1 unspecified atom stereocenters. The minimum Gasteiger partial charge on any atom is -0.330 e. The van der Waals surface area contributed by atoms with E-state index in [0.29, 0.717) is 18.7 Å². The SMILES string of the molecule is C1CC1.CC(=O)c1c(F)c(F)c(SCCCN)c(P)c1F. The standard InChI is InChI=1S/C11H13F3NOPS.C3H6/c1-5(16)6-7(12)9(14)11(10(17)8(6)13)18-4-2-3-15;1-2-3-1/h2-4,15,17H2,1H3;1-3H2. The van der Waals surface area contributed by atoms with E-state index in [1.165, 1.54) is 19.3 Å². The third-order valence-electron chi connectivity index (χ3n) is 2.61. The summed E-state index contributed by atoms with van der Waals surface area (Å²) >= 11 is 0.980. The Kier molecular flexibility index (Phi) is 7.71. The Labute approximate surface area is 129 Å². The molecular formula is C14H19F3NOPS. The third-order valence-corrected chi connectivity index (χ3v) is 4.54. The highest BCUT2D eigenvalue weighted by atomic mass is 32.2. The summed E-state index contributed by atoms with van der Waals surface area (Å²) in [5.74, 6) is -4.03. The molecule has 0 heterocycles. The van der Waals surface area contributed by atoms with Gasteiger partial charge in [0.2, 0.25) is 0 Å². The lowest BCUT2D eigenvalue weighted by molar-refractivity contribution is 0.100. The number of carbonyl (C=O) groups is 1. The lowest BCUT2D eigenvalue weighted by atomic mass is 10.1. The number of thioether (sulfide) groups is 1. The van der Waals surface area contributed by atoms with Gasteiger partial charge in [-0.2, -0.15) is 0 Å². The smallest absolute Gasteiger partial charge is 0.173 e. The number of benzene rings is 1. The number of hydrogen-bond acceptors (Lipinski definition) is 3. The van der Waals surface area contributed by atoms with Gasteiger partial charge in [-0.05, 0) is 25.6 Å². The predicted octanol–water partition coefficient (Wildman–Crippen LogP) is 3.42. The number of rotatable bonds is 5. The Balaban J connectivity index is 0.000000647. The summed E-state index contributed by atoms with van der Waals surface area (Å²) in [5.41, 5.74) is 4.45.